The zero-order valence-corrected chi connectivity index (χ0v) is 15.7. The minimum Gasteiger partial charge on any atom is -0.326 e. The third-order valence-electron chi connectivity index (χ3n) is 3.56. The van der Waals surface area contributed by atoms with Crippen LogP contribution < -0.4 is 5.73 Å². The molecule has 0 spiro atoms. The molecule has 118 valence electrons. The van der Waals surface area contributed by atoms with E-state index in [0.717, 1.165) is 0 Å². The Morgan fingerprint density at radius 2 is 1.65 bits per heavy atom. The molecule has 0 atom stereocenters. The second-order valence-electron chi connectivity index (χ2n) is 5.29. The van der Waals surface area contributed by atoms with Crippen LogP contribution >= 0.6 is 34.9 Å². The standard InChI is InChI=1S/C19H19NS3/c1-13-3-5-14(6-4-13)15-9-17(21-2)11-18(10-15)23-19-8-7-16(12-20)22-19/h3-11H,12,20H2,1-2H3. The molecule has 1 heterocycles. The number of thioether (sulfide) groups is 1. The molecule has 2 N–H and O–H groups in total. The molecule has 3 aromatic rings. The molecule has 0 aliphatic carbocycles. The molecule has 2 aromatic carbocycles. The van der Waals surface area contributed by atoms with E-state index in [2.05, 4.69) is 67.8 Å². The van der Waals surface area contributed by atoms with Gasteiger partial charge in [-0.3, -0.25) is 0 Å². The predicted octanol–water partition coefficient (Wildman–Crippen LogP) is 6.06. The van der Waals surface area contributed by atoms with Crippen molar-refractivity contribution in [2.45, 2.75) is 27.5 Å². The van der Waals surface area contributed by atoms with Crippen LogP contribution in [0.3, 0.4) is 0 Å². The summed E-state index contributed by atoms with van der Waals surface area (Å²) in [7, 11) is 0. The van der Waals surface area contributed by atoms with Crippen LogP contribution in [0.4, 0.5) is 0 Å². The van der Waals surface area contributed by atoms with Crippen molar-refractivity contribution in [3.05, 3.63) is 65.0 Å². The molecule has 0 bridgehead atoms. The van der Waals surface area contributed by atoms with E-state index in [1.54, 1.807) is 23.1 Å². The van der Waals surface area contributed by atoms with Crippen LogP contribution in [0.1, 0.15) is 10.4 Å². The number of hydrogen-bond donors (Lipinski definition) is 1. The molecule has 23 heavy (non-hydrogen) atoms. The molecule has 0 radical (unpaired) electrons. The lowest BCUT2D eigenvalue weighted by molar-refractivity contribution is 1.11. The van der Waals surface area contributed by atoms with E-state index < -0.39 is 0 Å². The molecule has 0 aliphatic heterocycles. The summed E-state index contributed by atoms with van der Waals surface area (Å²) in [4.78, 5) is 3.80. The number of benzene rings is 2. The smallest absolute Gasteiger partial charge is 0.0649 e. The highest BCUT2D eigenvalue weighted by atomic mass is 32.2. The lowest BCUT2D eigenvalue weighted by Crippen LogP contribution is -1.90. The lowest BCUT2D eigenvalue weighted by Gasteiger charge is -2.08. The summed E-state index contributed by atoms with van der Waals surface area (Å²) in [6.45, 7) is 2.74. The highest BCUT2D eigenvalue weighted by Gasteiger charge is 2.07. The first-order valence-electron chi connectivity index (χ1n) is 7.40. The van der Waals surface area contributed by atoms with Crippen molar-refractivity contribution in [1.29, 1.82) is 0 Å². The molecule has 0 unspecified atom stereocenters. The molecule has 4 heteroatoms. The topological polar surface area (TPSA) is 26.0 Å². The van der Waals surface area contributed by atoms with Gasteiger partial charge < -0.3 is 5.73 Å². The first-order valence-corrected chi connectivity index (χ1v) is 10.3. The van der Waals surface area contributed by atoms with Crippen LogP contribution in [0.25, 0.3) is 11.1 Å². The first kappa shape index (κ1) is 16.7. The molecule has 0 amide bonds. The highest BCUT2D eigenvalue weighted by molar-refractivity contribution is 8.01. The summed E-state index contributed by atoms with van der Waals surface area (Å²) in [6, 6.07) is 19.8. The summed E-state index contributed by atoms with van der Waals surface area (Å²) in [6.07, 6.45) is 2.13. The number of rotatable bonds is 5. The molecule has 0 saturated carbocycles. The maximum absolute atomic E-state index is 5.71. The molecule has 0 fully saturated rings. The predicted molar refractivity (Wildman–Crippen MR) is 105 cm³/mol. The Morgan fingerprint density at radius 1 is 0.913 bits per heavy atom. The summed E-state index contributed by atoms with van der Waals surface area (Å²) in [5.41, 5.74) is 9.54. The Kier molecular flexibility index (Phi) is 5.49. The van der Waals surface area contributed by atoms with E-state index in [9.17, 15) is 0 Å². The van der Waals surface area contributed by atoms with Gasteiger partial charge in [0.15, 0.2) is 0 Å². The van der Waals surface area contributed by atoms with Gasteiger partial charge in [-0.1, -0.05) is 41.6 Å². The first-order chi connectivity index (χ1) is 11.2. The van der Waals surface area contributed by atoms with Crippen molar-refractivity contribution < 1.29 is 0 Å². The maximum atomic E-state index is 5.71. The number of hydrogen-bond acceptors (Lipinski definition) is 4. The van der Waals surface area contributed by atoms with E-state index in [4.69, 9.17) is 5.73 Å². The minimum atomic E-state index is 0.616. The van der Waals surface area contributed by atoms with Gasteiger partial charge in [0, 0.05) is 21.2 Å². The van der Waals surface area contributed by atoms with Crippen molar-refractivity contribution in [3.63, 3.8) is 0 Å². The van der Waals surface area contributed by atoms with Crippen LogP contribution in [0, 0.1) is 6.92 Å². The van der Waals surface area contributed by atoms with Crippen LogP contribution in [-0.4, -0.2) is 6.26 Å². The van der Waals surface area contributed by atoms with E-state index in [-0.39, 0.29) is 0 Å². The van der Waals surface area contributed by atoms with Gasteiger partial charge in [0.25, 0.3) is 0 Å². The SMILES string of the molecule is CSc1cc(Sc2ccc(CN)s2)cc(-c2ccc(C)cc2)c1. The van der Waals surface area contributed by atoms with Gasteiger partial charge in [-0.2, -0.15) is 0 Å². The fraction of sp³-hybridized carbons (Fsp3) is 0.158. The molecule has 0 saturated heterocycles. The monoisotopic (exact) mass is 357 g/mol. The van der Waals surface area contributed by atoms with Crippen LogP contribution in [0.5, 0.6) is 0 Å². The summed E-state index contributed by atoms with van der Waals surface area (Å²) < 4.78 is 1.29. The summed E-state index contributed by atoms with van der Waals surface area (Å²) in [5.74, 6) is 0. The lowest BCUT2D eigenvalue weighted by atomic mass is 10.0. The third-order valence-corrected chi connectivity index (χ3v) is 6.48. The fourth-order valence-corrected chi connectivity index (χ4v) is 4.99. The third kappa shape index (κ3) is 4.21. The Bertz CT molecular complexity index is 791. The quantitative estimate of drug-likeness (QED) is 0.562. The van der Waals surface area contributed by atoms with Gasteiger partial charge in [-0.05, 0) is 54.6 Å². The van der Waals surface area contributed by atoms with Crippen molar-refractivity contribution in [3.8, 4) is 11.1 Å². The van der Waals surface area contributed by atoms with Crippen molar-refractivity contribution >= 4 is 34.9 Å². The van der Waals surface area contributed by atoms with E-state index in [0.29, 0.717) is 6.54 Å². The van der Waals surface area contributed by atoms with Crippen molar-refractivity contribution in [2.24, 2.45) is 5.73 Å². The Hall–Kier alpha value is -1.20. The second kappa shape index (κ2) is 7.58. The summed E-state index contributed by atoms with van der Waals surface area (Å²) in [5, 5.41) is 0. The second-order valence-corrected chi connectivity index (χ2v) is 8.71. The average Bonchev–Trinajstić information content (AvgIpc) is 3.02. The number of aryl methyl sites for hydroxylation is 1. The highest BCUT2D eigenvalue weighted by Crippen LogP contribution is 2.37. The molecule has 0 aliphatic rings. The summed E-state index contributed by atoms with van der Waals surface area (Å²) >= 11 is 5.38. The molecular formula is C19H19NS3. The number of thiophene rings is 1. The zero-order chi connectivity index (χ0) is 16.2. The van der Waals surface area contributed by atoms with Gasteiger partial charge >= 0.3 is 0 Å². The normalized spacial score (nSPS) is 10.9. The van der Waals surface area contributed by atoms with E-state index in [1.807, 2.05) is 11.8 Å². The molecule has 3 rings (SSSR count). The van der Waals surface area contributed by atoms with Gasteiger partial charge in [-0.15, -0.1) is 23.1 Å². The fourth-order valence-electron chi connectivity index (χ4n) is 2.30. The van der Waals surface area contributed by atoms with Gasteiger partial charge in [0.05, 0.1) is 4.21 Å². The Morgan fingerprint density at radius 3 is 2.30 bits per heavy atom. The van der Waals surface area contributed by atoms with Crippen LogP contribution in [-0.2, 0) is 6.54 Å². The zero-order valence-electron chi connectivity index (χ0n) is 13.2. The maximum Gasteiger partial charge on any atom is 0.0649 e. The Balaban J connectivity index is 1.93. The average molecular weight is 358 g/mol. The van der Waals surface area contributed by atoms with Crippen LogP contribution in [0.2, 0.25) is 0 Å². The van der Waals surface area contributed by atoms with E-state index >= 15 is 0 Å². The number of nitrogens with two attached hydrogens (primary N) is 1. The largest absolute Gasteiger partial charge is 0.326 e. The molecule has 1 aromatic heterocycles. The van der Waals surface area contributed by atoms with Gasteiger partial charge in [-0.25, -0.2) is 0 Å². The van der Waals surface area contributed by atoms with Gasteiger partial charge in [0.1, 0.15) is 0 Å². The van der Waals surface area contributed by atoms with Gasteiger partial charge in [0.2, 0.25) is 0 Å². The molecular weight excluding hydrogens is 338 g/mol. The van der Waals surface area contributed by atoms with Crippen molar-refractivity contribution in [1.82, 2.24) is 0 Å². The van der Waals surface area contributed by atoms with Crippen molar-refractivity contribution in [2.75, 3.05) is 6.26 Å². The van der Waals surface area contributed by atoms with Crippen LogP contribution in [0.15, 0.2) is 68.6 Å². The Labute approximate surface area is 150 Å². The molecule has 1 nitrogen and oxygen atoms in total. The van der Waals surface area contributed by atoms with E-state index in [1.165, 1.54) is 35.6 Å². The minimum absolute atomic E-state index is 0.616.